The van der Waals surface area contributed by atoms with Gasteiger partial charge in [-0.15, -0.1) is 0 Å². The number of benzene rings is 4. The van der Waals surface area contributed by atoms with E-state index in [9.17, 15) is 13.6 Å². The lowest BCUT2D eigenvalue weighted by Crippen LogP contribution is -2.44. The summed E-state index contributed by atoms with van der Waals surface area (Å²) in [6.07, 6.45) is 1.45. The van der Waals surface area contributed by atoms with Gasteiger partial charge < -0.3 is 4.65 Å². The Hall–Kier alpha value is -3.99. The molecule has 0 atom stereocenters. The van der Waals surface area contributed by atoms with E-state index in [4.69, 9.17) is 4.65 Å². The Labute approximate surface area is 185 Å². The van der Waals surface area contributed by atoms with Crippen LogP contribution in [0.1, 0.15) is 15.9 Å². The monoisotopic (exact) mass is 424 g/mol. The summed E-state index contributed by atoms with van der Waals surface area (Å²) in [5, 5.41) is 0. The zero-order valence-corrected chi connectivity index (χ0v) is 17.1. The highest BCUT2D eigenvalue weighted by Gasteiger charge is 2.25. The van der Waals surface area contributed by atoms with E-state index >= 15 is 0 Å². The third kappa shape index (κ3) is 5.19. The fraction of sp³-hybridized carbons (Fsp3) is 0. The van der Waals surface area contributed by atoms with Crippen LogP contribution in [-0.2, 0) is 4.65 Å². The molecule has 0 fully saturated rings. The van der Waals surface area contributed by atoms with E-state index in [-0.39, 0.29) is 17.4 Å². The molecule has 0 N–H and O–H groups in total. The summed E-state index contributed by atoms with van der Waals surface area (Å²) >= 11 is 0. The molecule has 0 spiro atoms. The van der Waals surface area contributed by atoms with Crippen LogP contribution in [0.5, 0.6) is 0 Å². The summed E-state index contributed by atoms with van der Waals surface area (Å²) in [5.74, 6) is -0.589. The molecule has 0 unspecified atom stereocenters. The van der Waals surface area contributed by atoms with E-state index in [1.165, 1.54) is 30.3 Å². The number of hydrogen-bond donors (Lipinski definition) is 0. The van der Waals surface area contributed by atoms with Gasteiger partial charge in [-0.2, -0.15) is 0 Å². The van der Waals surface area contributed by atoms with Crippen LogP contribution in [0.25, 0.3) is 5.76 Å². The van der Waals surface area contributed by atoms with Crippen molar-refractivity contribution in [2.45, 2.75) is 0 Å². The lowest BCUT2D eigenvalue weighted by atomic mass is 9.55. The third-order valence-corrected chi connectivity index (χ3v) is 4.97. The predicted octanol–water partition coefficient (Wildman–Crippen LogP) is 5.01. The van der Waals surface area contributed by atoms with E-state index in [1.807, 2.05) is 36.4 Å². The Morgan fingerprint density at radius 2 is 1.06 bits per heavy atom. The van der Waals surface area contributed by atoms with Crippen LogP contribution in [0.15, 0.2) is 115 Å². The fourth-order valence-corrected chi connectivity index (χ4v) is 3.32. The Kier molecular flexibility index (Phi) is 6.56. The maximum Gasteiger partial charge on any atom is 0.426 e. The Bertz CT molecular complexity index is 1160. The van der Waals surface area contributed by atoms with Gasteiger partial charge in [-0.05, 0) is 35.2 Å². The van der Waals surface area contributed by atoms with Crippen molar-refractivity contribution < 1.29 is 18.2 Å². The molecule has 4 rings (SSSR count). The Morgan fingerprint density at radius 1 is 0.625 bits per heavy atom. The molecule has 4 aromatic carbocycles. The first-order valence-corrected chi connectivity index (χ1v) is 10.1. The van der Waals surface area contributed by atoms with Crippen molar-refractivity contribution in [3.05, 3.63) is 138 Å². The Morgan fingerprint density at radius 3 is 1.53 bits per heavy atom. The third-order valence-electron chi connectivity index (χ3n) is 4.97. The van der Waals surface area contributed by atoms with Crippen LogP contribution in [-0.4, -0.2) is 12.7 Å². The molecule has 4 aromatic rings. The molecule has 0 aliphatic carbocycles. The molecule has 5 heteroatoms. The number of carbonyl (C=O) groups is 1. The average Bonchev–Trinajstić information content (AvgIpc) is 2.84. The molecule has 0 aromatic heterocycles. The molecule has 32 heavy (non-hydrogen) atoms. The van der Waals surface area contributed by atoms with Crippen LogP contribution in [0.4, 0.5) is 8.78 Å². The number of hydrogen-bond acceptors (Lipinski definition) is 2. The highest BCUT2D eigenvalue weighted by Crippen LogP contribution is 2.19. The van der Waals surface area contributed by atoms with Crippen molar-refractivity contribution >= 4 is 29.4 Å². The highest BCUT2D eigenvalue weighted by atomic mass is 19.1. The quantitative estimate of drug-likeness (QED) is 0.181. The maximum atomic E-state index is 13.5. The molecule has 0 amide bonds. The molecule has 0 aliphatic rings. The number of halogens is 2. The summed E-state index contributed by atoms with van der Waals surface area (Å²) in [6, 6.07) is 30.0. The van der Waals surface area contributed by atoms with Gasteiger partial charge in [0, 0.05) is 17.2 Å². The van der Waals surface area contributed by atoms with Crippen LogP contribution in [0.2, 0.25) is 0 Å². The lowest BCUT2D eigenvalue weighted by Gasteiger charge is -2.19. The van der Waals surface area contributed by atoms with Crippen molar-refractivity contribution in [2.24, 2.45) is 0 Å². The first-order chi connectivity index (χ1) is 15.6. The fourth-order valence-electron chi connectivity index (χ4n) is 3.32. The molecular weight excluding hydrogens is 405 g/mol. The van der Waals surface area contributed by atoms with Gasteiger partial charge in [0.15, 0.2) is 5.78 Å². The van der Waals surface area contributed by atoms with Gasteiger partial charge in [0.05, 0.1) is 0 Å². The van der Waals surface area contributed by atoms with Gasteiger partial charge >= 0.3 is 6.92 Å². The van der Waals surface area contributed by atoms with E-state index in [0.717, 1.165) is 0 Å². The van der Waals surface area contributed by atoms with Crippen LogP contribution in [0, 0.1) is 11.6 Å². The minimum absolute atomic E-state index is 0.207. The number of rotatable bonds is 7. The number of ketones is 1. The summed E-state index contributed by atoms with van der Waals surface area (Å²) in [6.45, 7) is -0.675. The smallest absolute Gasteiger partial charge is 0.426 e. The van der Waals surface area contributed by atoms with Gasteiger partial charge in [0.2, 0.25) is 0 Å². The van der Waals surface area contributed by atoms with Crippen LogP contribution < -0.4 is 10.9 Å². The summed E-state index contributed by atoms with van der Waals surface area (Å²) < 4.78 is 33.5. The van der Waals surface area contributed by atoms with E-state index in [2.05, 4.69) is 0 Å². The van der Waals surface area contributed by atoms with Gasteiger partial charge in [0.25, 0.3) is 0 Å². The van der Waals surface area contributed by atoms with Gasteiger partial charge in [-0.3, -0.25) is 4.79 Å². The van der Waals surface area contributed by atoms with Gasteiger partial charge in [0.1, 0.15) is 17.4 Å². The van der Waals surface area contributed by atoms with Crippen molar-refractivity contribution in [2.75, 3.05) is 0 Å². The topological polar surface area (TPSA) is 26.3 Å². The van der Waals surface area contributed by atoms with E-state index in [0.29, 0.717) is 27.8 Å². The average molecular weight is 424 g/mol. The highest BCUT2D eigenvalue weighted by molar-refractivity contribution is 6.80. The van der Waals surface area contributed by atoms with Crippen molar-refractivity contribution in [1.29, 1.82) is 0 Å². The zero-order valence-electron chi connectivity index (χ0n) is 17.1. The van der Waals surface area contributed by atoms with Crippen molar-refractivity contribution in [1.82, 2.24) is 0 Å². The maximum absolute atomic E-state index is 13.5. The standard InChI is InChI=1S/C27H19BF2O2/c29-24-15-11-22(12-16-24)28(23-13-17-25(30)18-14-23)32-27(21-9-5-2-6-10-21)19-26(31)20-7-3-1-4-8-20/h1-19H/b27-19-. The van der Waals surface area contributed by atoms with E-state index < -0.39 is 6.92 Å². The minimum Gasteiger partial charge on any atom is -0.551 e. The second-order valence-electron chi connectivity index (χ2n) is 7.21. The van der Waals surface area contributed by atoms with Crippen molar-refractivity contribution in [3.8, 4) is 0 Å². The molecule has 0 bridgehead atoms. The number of carbonyl (C=O) groups excluding carboxylic acids is 1. The molecule has 2 nitrogen and oxygen atoms in total. The first kappa shape index (κ1) is 21.3. The zero-order chi connectivity index (χ0) is 22.3. The van der Waals surface area contributed by atoms with Crippen LogP contribution >= 0.6 is 0 Å². The summed E-state index contributed by atoms with van der Waals surface area (Å²) in [4.78, 5) is 12.9. The molecule has 0 aliphatic heterocycles. The second-order valence-corrected chi connectivity index (χ2v) is 7.21. The summed E-state index contributed by atoms with van der Waals surface area (Å²) in [7, 11) is 0. The predicted molar refractivity (Wildman–Crippen MR) is 124 cm³/mol. The van der Waals surface area contributed by atoms with Crippen LogP contribution in [0.3, 0.4) is 0 Å². The Balaban J connectivity index is 1.77. The minimum atomic E-state index is -0.675. The molecular formula is C27H19BF2O2. The van der Waals surface area contributed by atoms with E-state index in [1.54, 1.807) is 48.5 Å². The molecule has 0 saturated heterocycles. The first-order valence-electron chi connectivity index (χ1n) is 10.1. The molecule has 156 valence electrons. The SMILES string of the molecule is O=C(/C=C(\OB(c1ccc(F)cc1)c1ccc(F)cc1)c1ccccc1)c1ccccc1. The molecule has 0 heterocycles. The summed E-state index contributed by atoms with van der Waals surface area (Å²) in [5.41, 5.74) is 2.59. The second kappa shape index (κ2) is 9.88. The van der Waals surface area contributed by atoms with Gasteiger partial charge in [-0.1, -0.05) is 84.9 Å². The normalized spacial score (nSPS) is 11.1. The largest absolute Gasteiger partial charge is 0.551 e. The molecule has 0 radical (unpaired) electrons. The lowest BCUT2D eigenvalue weighted by molar-refractivity contribution is 0.104. The number of allylic oxidation sites excluding steroid dienone is 1. The van der Waals surface area contributed by atoms with Crippen molar-refractivity contribution in [3.63, 3.8) is 0 Å². The molecule has 0 saturated carbocycles. The van der Waals surface area contributed by atoms with Gasteiger partial charge in [-0.25, -0.2) is 8.78 Å².